The van der Waals surface area contributed by atoms with Gasteiger partial charge in [0.15, 0.2) is 0 Å². The van der Waals surface area contributed by atoms with Crippen molar-refractivity contribution in [2.45, 2.75) is 39.5 Å². The maximum absolute atomic E-state index is 14.1. The lowest BCUT2D eigenvalue weighted by atomic mass is 9.79. The zero-order valence-electron chi connectivity index (χ0n) is 19.8. The maximum Gasteiger partial charge on any atom is 0.149 e. The molecule has 0 amide bonds. The van der Waals surface area contributed by atoms with Gasteiger partial charge < -0.3 is 0 Å². The molecule has 0 bridgehead atoms. The van der Waals surface area contributed by atoms with Crippen LogP contribution in [0.1, 0.15) is 45.2 Å². The van der Waals surface area contributed by atoms with Gasteiger partial charge in [-0.2, -0.15) is 0 Å². The van der Waals surface area contributed by atoms with Crippen LogP contribution in [0.15, 0.2) is 59.3 Å². The highest BCUT2D eigenvalue weighted by Crippen LogP contribution is 2.39. The molecule has 0 saturated heterocycles. The van der Waals surface area contributed by atoms with Crippen LogP contribution >= 0.6 is 54.5 Å². The van der Waals surface area contributed by atoms with E-state index in [2.05, 4.69) is 119 Å². The Morgan fingerprint density at radius 2 is 1.06 bits per heavy atom. The number of hydrogen-bond donors (Lipinski definition) is 0. The zero-order valence-corrected chi connectivity index (χ0v) is 24.6. The minimum absolute atomic E-state index is 0.198. The molecular weight excluding hydrogens is 588 g/mol. The van der Waals surface area contributed by atoms with E-state index >= 15 is 0 Å². The summed E-state index contributed by atoms with van der Waals surface area (Å²) in [6.45, 7) is 8.55. The second kappa shape index (κ2) is 11.0. The lowest BCUT2D eigenvalue weighted by molar-refractivity contribution is -0.121. The maximum atomic E-state index is 14.1. The molecule has 4 rings (SSSR count). The molecule has 2 aromatic carbocycles. The van der Waals surface area contributed by atoms with Crippen molar-refractivity contribution >= 4 is 60.3 Å². The number of thiophene rings is 2. The Bertz CT molecular complexity index is 1140. The van der Waals surface area contributed by atoms with Crippen molar-refractivity contribution in [2.75, 3.05) is 10.7 Å². The van der Waals surface area contributed by atoms with Crippen LogP contribution in [0.25, 0.3) is 20.9 Å². The molecule has 5 heteroatoms. The van der Waals surface area contributed by atoms with Crippen molar-refractivity contribution in [3.8, 4) is 20.9 Å². The molecule has 0 saturated carbocycles. The number of halogens is 2. The lowest BCUT2D eigenvalue weighted by Gasteiger charge is -2.26. The largest absolute Gasteiger partial charge is 0.298 e. The number of rotatable bonds is 8. The first-order valence-corrected chi connectivity index (χ1v) is 15.3. The van der Waals surface area contributed by atoms with Crippen LogP contribution in [-0.4, -0.2) is 16.4 Å². The van der Waals surface area contributed by atoms with Crippen LogP contribution in [0.2, 0.25) is 0 Å². The number of ketones is 1. The van der Waals surface area contributed by atoms with Crippen LogP contribution in [0, 0.1) is 27.7 Å². The van der Waals surface area contributed by atoms with E-state index in [9.17, 15) is 4.79 Å². The molecule has 1 nitrogen and oxygen atoms in total. The van der Waals surface area contributed by atoms with E-state index in [1.165, 1.54) is 43.1 Å². The van der Waals surface area contributed by atoms with Gasteiger partial charge in [0, 0.05) is 20.4 Å². The molecule has 0 N–H and O–H groups in total. The molecule has 2 unspecified atom stereocenters. The molecule has 0 aliphatic rings. The highest BCUT2D eigenvalue weighted by atomic mass is 79.9. The molecule has 176 valence electrons. The van der Waals surface area contributed by atoms with Gasteiger partial charge in [-0.3, -0.25) is 4.79 Å². The Balaban J connectivity index is 1.72. The molecule has 2 heterocycles. The van der Waals surface area contributed by atoms with Gasteiger partial charge in [-0.25, -0.2) is 0 Å². The Morgan fingerprint density at radius 1 is 0.706 bits per heavy atom. The summed E-state index contributed by atoms with van der Waals surface area (Å²) in [5.74, 6) is -0.134. The second-order valence-electron chi connectivity index (χ2n) is 8.82. The molecule has 0 fully saturated rings. The van der Waals surface area contributed by atoms with Crippen LogP contribution in [-0.2, 0) is 4.79 Å². The van der Waals surface area contributed by atoms with Gasteiger partial charge in [0.05, 0.1) is 11.8 Å². The fraction of sp³-hybridized carbons (Fsp3) is 0.276. The third kappa shape index (κ3) is 5.04. The molecule has 2 atom stereocenters. The average Bonchev–Trinajstić information content (AvgIpc) is 3.52. The van der Waals surface area contributed by atoms with E-state index in [1.54, 1.807) is 22.7 Å². The van der Waals surface area contributed by atoms with Gasteiger partial charge >= 0.3 is 0 Å². The topological polar surface area (TPSA) is 17.1 Å². The third-order valence-electron chi connectivity index (χ3n) is 6.49. The Kier molecular flexibility index (Phi) is 8.29. The number of aryl methyl sites for hydroxylation is 4. The number of carbonyl (C=O) groups is 1. The van der Waals surface area contributed by atoms with Crippen molar-refractivity contribution in [1.82, 2.24) is 0 Å². The van der Waals surface area contributed by atoms with Crippen molar-refractivity contribution in [3.63, 3.8) is 0 Å². The Hall–Kier alpha value is -1.53. The van der Waals surface area contributed by atoms with E-state index in [1.807, 2.05) is 0 Å². The first-order chi connectivity index (χ1) is 16.3. The van der Waals surface area contributed by atoms with Gasteiger partial charge in [-0.15, -0.1) is 22.7 Å². The molecule has 0 radical (unpaired) electrons. The fourth-order valence-electron chi connectivity index (χ4n) is 5.05. The summed E-state index contributed by atoms with van der Waals surface area (Å²) in [7, 11) is 0. The summed E-state index contributed by atoms with van der Waals surface area (Å²) in [6, 6.07) is 17.4. The summed E-state index contributed by atoms with van der Waals surface area (Å²) >= 11 is 10.9. The smallest absolute Gasteiger partial charge is 0.149 e. The molecule has 34 heavy (non-hydrogen) atoms. The second-order valence-corrected chi connectivity index (χ2v) is 12.0. The molecule has 4 aromatic rings. The van der Waals surface area contributed by atoms with Gasteiger partial charge in [0.2, 0.25) is 0 Å². The standard InChI is InChI=1S/C29H28Br2OS2/c1-17-11-21(25-7-5-9-33-25)12-18(2)27(17)23(15-30)29(32)24(16-31)28-19(3)13-22(14-20(28)4)26-8-6-10-34-26/h5-14,23-24H,15-16H2,1-4H3. The summed E-state index contributed by atoms with van der Waals surface area (Å²) in [4.78, 5) is 16.6. The van der Waals surface area contributed by atoms with Crippen LogP contribution in [0.5, 0.6) is 0 Å². The van der Waals surface area contributed by atoms with Crippen molar-refractivity contribution in [3.05, 3.63) is 92.7 Å². The fourth-order valence-corrected chi connectivity index (χ4v) is 7.77. The summed E-state index contributed by atoms with van der Waals surface area (Å²) in [6.07, 6.45) is 0. The van der Waals surface area contributed by atoms with Gasteiger partial charge in [0.1, 0.15) is 5.78 Å². The van der Waals surface area contributed by atoms with E-state index in [-0.39, 0.29) is 17.6 Å². The molecule has 0 spiro atoms. The molecular formula is C29H28Br2OS2. The zero-order chi connectivity index (χ0) is 24.4. The Morgan fingerprint density at radius 3 is 1.32 bits per heavy atom. The SMILES string of the molecule is Cc1cc(-c2cccs2)cc(C)c1C(CBr)C(=O)C(CBr)c1c(C)cc(-c2cccs2)cc1C. The van der Waals surface area contributed by atoms with Crippen LogP contribution < -0.4 is 0 Å². The highest BCUT2D eigenvalue weighted by Gasteiger charge is 2.32. The minimum atomic E-state index is -0.198. The number of carbonyl (C=O) groups excluding carboxylic acids is 1. The quantitative estimate of drug-likeness (QED) is 0.180. The van der Waals surface area contributed by atoms with Crippen LogP contribution in [0.4, 0.5) is 0 Å². The first kappa shape index (κ1) is 25.6. The molecule has 0 aliphatic carbocycles. The van der Waals surface area contributed by atoms with Gasteiger partial charge in [-0.05, 0) is 95.1 Å². The Labute approximate surface area is 227 Å². The molecule has 0 aliphatic heterocycles. The summed E-state index contributed by atoms with van der Waals surface area (Å²) in [5, 5.41) is 5.43. The first-order valence-electron chi connectivity index (χ1n) is 11.3. The summed E-state index contributed by atoms with van der Waals surface area (Å²) in [5.41, 5.74) is 9.46. The van der Waals surface area contributed by atoms with E-state index in [0.717, 1.165) is 11.1 Å². The average molecular weight is 616 g/mol. The minimum Gasteiger partial charge on any atom is -0.298 e. The summed E-state index contributed by atoms with van der Waals surface area (Å²) < 4.78 is 0. The van der Waals surface area contributed by atoms with Gasteiger partial charge in [-0.1, -0.05) is 68.3 Å². The molecule has 2 aromatic heterocycles. The van der Waals surface area contributed by atoms with E-state index in [0.29, 0.717) is 10.7 Å². The van der Waals surface area contributed by atoms with Crippen molar-refractivity contribution in [2.24, 2.45) is 0 Å². The van der Waals surface area contributed by atoms with E-state index in [4.69, 9.17) is 0 Å². The number of hydrogen-bond acceptors (Lipinski definition) is 3. The van der Waals surface area contributed by atoms with Crippen LogP contribution in [0.3, 0.4) is 0 Å². The predicted molar refractivity (Wildman–Crippen MR) is 157 cm³/mol. The number of alkyl halides is 2. The number of Topliss-reactive ketones (excluding diaryl/α,β-unsaturated/α-hetero) is 1. The predicted octanol–water partition coefficient (Wildman–Crippen LogP) is 9.60. The van der Waals surface area contributed by atoms with Crippen molar-refractivity contribution in [1.29, 1.82) is 0 Å². The lowest BCUT2D eigenvalue weighted by Crippen LogP contribution is -2.25. The van der Waals surface area contributed by atoms with Crippen molar-refractivity contribution < 1.29 is 4.79 Å². The normalized spacial score (nSPS) is 13.1. The van der Waals surface area contributed by atoms with E-state index < -0.39 is 0 Å². The third-order valence-corrected chi connectivity index (χ3v) is 9.62. The monoisotopic (exact) mass is 614 g/mol. The van der Waals surface area contributed by atoms with Gasteiger partial charge in [0.25, 0.3) is 0 Å². The number of benzene rings is 2. The highest BCUT2D eigenvalue weighted by molar-refractivity contribution is 9.09.